The fraction of sp³-hybridized carbons (Fsp3) is 0.333. The van der Waals surface area contributed by atoms with Crippen molar-refractivity contribution in [2.24, 2.45) is 0 Å². The molecule has 0 saturated heterocycles. The molecule has 6 heteroatoms. The highest BCUT2D eigenvalue weighted by Gasteiger charge is 2.31. The van der Waals surface area contributed by atoms with Crippen LogP contribution in [0, 0.1) is 13.8 Å². The molecule has 5 nitrogen and oxygen atoms in total. The van der Waals surface area contributed by atoms with Crippen molar-refractivity contribution < 1.29 is 14.3 Å². The van der Waals surface area contributed by atoms with Crippen molar-refractivity contribution in [2.45, 2.75) is 59.2 Å². The summed E-state index contributed by atoms with van der Waals surface area (Å²) in [6.45, 7) is 7.95. The van der Waals surface area contributed by atoms with Crippen LogP contribution in [0.1, 0.15) is 42.5 Å². The Morgan fingerprint density at radius 2 is 1.69 bits per heavy atom. The van der Waals surface area contributed by atoms with Crippen LogP contribution in [0.15, 0.2) is 72.8 Å². The average Bonchev–Trinajstić information content (AvgIpc) is 2.87. The molecule has 0 aromatic heterocycles. The van der Waals surface area contributed by atoms with Gasteiger partial charge in [-0.3, -0.25) is 9.59 Å². The number of hydrogen-bond acceptors (Lipinski definition) is 3. The van der Waals surface area contributed by atoms with E-state index in [0.717, 1.165) is 28.7 Å². The van der Waals surface area contributed by atoms with Gasteiger partial charge in [0.05, 0.1) is 0 Å². The first-order valence-corrected chi connectivity index (χ1v) is 12.7. The minimum Gasteiger partial charge on any atom is -0.483 e. The zero-order valence-corrected chi connectivity index (χ0v) is 22.2. The molecule has 36 heavy (non-hydrogen) atoms. The van der Waals surface area contributed by atoms with Crippen molar-refractivity contribution >= 4 is 23.4 Å². The van der Waals surface area contributed by atoms with E-state index >= 15 is 0 Å². The number of hydrogen-bond donors (Lipinski definition) is 1. The first-order chi connectivity index (χ1) is 17.3. The van der Waals surface area contributed by atoms with Crippen molar-refractivity contribution in [1.29, 1.82) is 0 Å². The van der Waals surface area contributed by atoms with Gasteiger partial charge in [0.25, 0.3) is 5.91 Å². The molecule has 2 atom stereocenters. The Morgan fingerprint density at radius 3 is 2.36 bits per heavy atom. The Balaban J connectivity index is 1.93. The largest absolute Gasteiger partial charge is 0.483 e. The van der Waals surface area contributed by atoms with Crippen molar-refractivity contribution in [3.63, 3.8) is 0 Å². The van der Waals surface area contributed by atoms with E-state index in [2.05, 4.69) is 5.32 Å². The van der Waals surface area contributed by atoms with E-state index in [9.17, 15) is 9.59 Å². The van der Waals surface area contributed by atoms with Gasteiger partial charge in [-0.05, 0) is 56.0 Å². The number of benzene rings is 3. The number of amides is 2. The van der Waals surface area contributed by atoms with Gasteiger partial charge in [-0.15, -0.1) is 0 Å². The van der Waals surface area contributed by atoms with Gasteiger partial charge >= 0.3 is 0 Å². The summed E-state index contributed by atoms with van der Waals surface area (Å²) in [6.07, 6.45) is 1.17. The third kappa shape index (κ3) is 7.59. The molecule has 3 aromatic rings. The van der Waals surface area contributed by atoms with Gasteiger partial charge in [-0.1, -0.05) is 84.8 Å². The van der Waals surface area contributed by atoms with E-state index in [1.54, 1.807) is 11.0 Å². The summed E-state index contributed by atoms with van der Waals surface area (Å²) < 4.78 is 5.93. The normalized spacial score (nSPS) is 12.5. The van der Waals surface area contributed by atoms with Crippen LogP contribution in [0.25, 0.3) is 0 Å². The van der Waals surface area contributed by atoms with Crippen molar-refractivity contribution in [1.82, 2.24) is 10.2 Å². The maximum absolute atomic E-state index is 13.7. The summed E-state index contributed by atoms with van der Waals surface area (Å²) in [5, 5.41) is 3.62. The molecule has 3 rings (SSSR count). The molecule has 0 saturated carbocycles. The van der Waals surface area contributed by atoms with Crippen LogP contribution in [-0.2, 0) is 22.6 Å². The Hall–Kier alpha value is -3.31. The van der Waals surface area contributed by atoms with Gasteiger partial charge in [0, 0.05) is 24.0 Å². The number of nitrogens with one attached hydrogen (secondary N) is 1. The smallest absolute Gasteiger partial charge is 0.261 e. The Morgan fingerprint density at radius 1 is 1.00 bits per heavy atom. The lowest BCUT2D eigenvalue weighted by Crippen LogP contribution is -2.53. The number of carbonyl (C=O) groups excluding carboxylic acids is 2. The SMILES string of the molecule is CC[C@@H](C)NC(=O)[C@@H](Cc1ccccc1)N(Cc1ccccc1Cl)C(=O)COc1ccc(C)cc1C. The van der Waals surface area contributed by atoms with Crippen LogP contribution in [-0.4, -0.2) is 35.4 Å². The lowest BCUT2D eigenvalue weighted by Gasteiger charge is -2.32. The number of halogens is 1. The lowest BCUT2D eigenvalue weighted by atomic mass is 10.0. The zero-order chi connectivity index (χ0) is 26.1. The maximum atomic E-state index is 13.7. The van der Waals surface area contributed by atoms with E-state index in [1.165, 1.54) is 0 Å². The molecule has 0 unspecified atom stereocenters. The van der Waals surface area contributed by atoms with Gasteiger partial charge in [0.2, 0.25) is 5.91 Å². The predicted octanol–water partition coefficient (Wildman–Crippen LogP) is 5.89. The molecule has 1 N–H and O–H groups in total. The van der Waals surface area contributed by atoms with Crippen molar-refractivity contribution in [3.8, 4) is 5.75 Å². The second-order valence-corrected chi connectivity index (χ2v) is 9.60. The topological polar surface area (TPSA) is 58.6 Å². The highest BCUT2D eigenvalue weighted by atomic mass is 35.5. The third-order valence-electron chi connectivity index (χ3n) is 6.25. The zero-order valence-electron chi connectivity index (χ0n) is 21.5. The maximum Gasteiger partial charge on any atom is 0.261 e. The van der Waals surface area contributed by atoms with Crippen LogP contribution in [0.4, 0.5) is 0 Å². The average molecular weight is 507 g/mol. The number of carbonyl (C=O) groups is 2. The molecule has 0 spiro atoms. The van der Waals surface area contributed by atoms with Gasteiger partial charge in [-0.2, -0.15) is 0 Å². The van der Waals surface area contributed by atoms with Gasteiger partial charge < -0.3 is 15.0 Å². The molecular formula is C30H35ClN2O3. The number of nitrogens with zero attached hydrogens (tertiary/aromatic N) is 1. The highest BCUT2D eigenvalue weighted by molar-refractivity contribution is 6.31. The molecule has 0 aliphatic heterocycles. The summed E-state index contributed by atoms with van der Waals surface area (Å²) in [4.78, 5) is 28.8. The Labute approximate surface area is 219 Å². The van der Waals surface area contributed by atoms with Crippen molar-refractivity contribution in [3.05, 3.63) is 100 Å². The van der Waals surface area contributed by atoms with Crippen LogP contribution in [0.2, 0.25) is 5.02 Å². The number of rotatable bonds is 11. The third-order valence-corrected chi connectivity index (χ3v) is 6.62. The molecule has 0 aliphatic rings. The quantitative estimate of drug-likeness (QED) is 0.352. The summed E-state index contributed by atoms with van der Waals surface area (Å²) in [6, 6.07) is 22.2. The molecule has 0 radical (unpaired) electrons. The minimum atomic E-state index is -0.729. The fourth-order valence-electron chi connectivity index (χ4n) is 3.99. The van der Waals surface area contributed by atoms with Gasteiger partial charge in [0.1, 0.15) is 11.8 Å². The standard InChI is InChI=1S/C30H35ClN2O3/c1-5-23(4)32-30(35)27(18-24-11-7-6-8-12-24)33(19-25-13-9-10-14-26(25)31)29(34)20-36-28-16-15-21(2)17-22(28)3/h6-17,23,27H,5,18-20H2,1-4H3,(H,32,35)/t23-,27-/m1/s1. The number of aryl methyl sites for hydroxylation is 2. The Bertz CT molecular complexity index is 1170. The molecular weight excluding hydrogens is 472 g/mol. The predicted molar refractivity (Wildman–Crippen MR) is 145 cm³/mol. The van der Waals surface area contributed by atoms with Crippen LogP contribution < -0.4 is 10.1 Å². The first kappa shape index (κ1) is 27.3. The molecule has 2 amide bonds. The fourth-order valence-corrected chi connectivity index (χ4v) is 4.18. The first-order valence-electron chi connectivity index (χ1n) is 12.4. The van der Waals surface area contributed by atoms with E-state index in [0.29, 0.717) is 17.2 Å². The summed E-state index contributed by atoms with van der Waals surface area (Å²) in [7, 11) is 0. The highest BCUT2D eigenvalue weighted by Crippen LogP contribution is 2.22. The van der Waals surface area contributed by atoms with E-state index < -0.39 is 6.04 Å². The summed E-state index contributed by atoms with van der Waals surface area (Å²) in [5.41, 5.74) is 3.81. The van der Waals surface area contributed by atoms with E-state index in [4.69, 9.17) is 16.3 Å². The summed E-state index contributed by atoms with van der Waals surface area (Å²) >= 11 is 6.46. The van der Waals surface area contributed by atoms with Crippen molar-refractivity contribution in [2.75, 3.05) is 6.61 Å². The Kier molecular flexibility index (Phi) is 9.95. The number of ether oxygens (including phenoxy) is 1. The van der Waals surface area contributed by atoms with Gasteiger partial charge in [-0.25, -0.2) is 0 Å². The molecule has 0 fully saturated rings. The van der Waals surface area contributed by atoms with E-state index in [1.807, 2.05) is 94.4 Å². The van der Waals surface area contributed by atoms with Crippen LogP contribution in [0.5, 0.6) is 5.75 Å². The minimum absolute atomic E-state index is 0.0144. The van der Waals surface area contributed by atoms with Crippen LogP contribution in [0.3, 0.4) is 0 Å². The molecule has 190 valence electrons. The molecule has 0 aliphatic carbocycles. The summed E-state index contributed by atoms with van der Waals surface area (Å²) in [5.74, 6) is 0.172. The van der Waals surface area contributed by atoms with Gasteiger partial charge in [0.15, 0.2) is 6.61 Å². The molecule has 0 bridgehead atoms. The second kappa shape index (κ2) is 13.1. The lowest BCUT2D eigenvalue weighted by molar-refractivity contribution is -0.143. The van der Waals surface area contributed by atoms with Crippen LogP contribution >= 0.6 is 11.6 Å². The monoisotopic (exact) mass is 506 g/mol. The molecule has 0 heterocycles. The van der Waals surface area contributed by atoms with E-state index in [-0.39, 0.29) is 31.0 Å². The second-order valence-electron chi connectivity index (χ2n) is 9.19. The molecule has 3 aromatic carbocycles.